The lowest BCUT2D eigenvalue weighted by molar-refractivity contribution is -0.155. The minimum Gasteiger partial charge on any atom is -0.480 e. The van der Waals surface area contributed by atoms with Crippen molar-refractivity contribution in [3.05, 3.63) is 59.4 Å². The molecule has 2 heterocycles. The number of aromatic nitrogens is 1. The van der Waals surface area contributed by atoms with Crippen molar-refractivity contribution in [1.29, 1.82) is 0 Å². The minimum atomic E-state index is -4.73. The third-order valence-corrected chi connectivity index (χ3v) is 8.27. The van der Waals surface area contributed by atoms with Crippen LogP contribution in [0, 0.1) is 0 Å². The first-order valence-electron chi connectivity index (χ1n) is 9.17. The Kier molecular flexibility index (Phi) is 5.40. The molecular formula is C19H16F3N3O5S2. The third-order valence-electron chi connectivity index (χ3n) is 5.16. The summed E-state index contributed by atoms with van der Waals surface area (Å²) in [5.74, 6) is -3.21. The number of hydrogen-bond acceptors (Lipinski definition) is 7. The maximum absolute atomic E-state index is 12.9. The van der Waals surface area contributed by atoms with Crippen LogP contribution in [-0.2, 0) is 27.5 Å². The van der Waals surface area contributed by atoms with Crippen molar-refractivity contribution in [3.63, 3.8) is 0 Å². The molecule has 2 aromatic heterocycles. The zero-order valence-electron chi connectivity index (χ0n) is 16.1. The summed E-state index contributed by atoms with van der Waals surface area (Å²) in [5, 5.41) is 13.1. The lowest BCUT2D eigenvalue weighted by Gasteiger charge is -2.15. The predicted octanol–water partition coefficient (Wildman–Crippen LogP) is 3.17. The normalized spacial score (nSPS) is 20.9. The van der Waals surface area contributed by atoms with Crippen molar-refractivity contribution < 1.29 is 36.0 Å². The van der Waals surface area contributed by atoms with E-state index in [2.05, 4.69) is 14.4 Å². The number of halogens is 3. The van der Waals surface area contributed by atoms with Gasteiger partial charge in [0.15, 0.2) is 0 Å². The van der Waals surface area contributed by atoms with Gasteiger partial charge in [-0.1, -0.05) is 29.4 Å². The number of carbonyl (C=O) groups is 1. The minimum absolute atomic E-state index is 0.0556. The Bertz CT molecular complexity index is 1270. The summed E-state index contributed by atoms with van der Waals surface area (Å²) < 4.78 is 70.1. The Balaban J connectivity index is 1.57. The first-order chi connectivity index (χ1) is 15.0. The zero-order valence-corrected chi connectivity index (χ0v) is 17.7. The van der Waals surface area contributed by atoms with Crippen LogP contribution in [0.3, 0.4) is 0 Å². The van der Waals surface area contributed by atoms with Crippen molar-refractivity contribution in [1.82, 2.24) is 9.88 Å². The molecule has 0 amide bonds. The van der Waals surface area contributed by atoms with Gasteiger partial charge in [-0.15, -0.1) is 11.3 Å². The van der Waals surface area contributed by atoms with Gasteiger partial charge in [0.2, 0.25) is 5.76 Å². The number of rotatable bonds is 7. The Morgan fingerprint density at radius 1 is 1.28 bits per heavy atom. The van der Waals surface area contributed by atoms with Gasteiger partial charge in [-0.3, -0.25) is 4.79 Å². The number of nitrogens with one attached hydrogen (secondary N) is 1. The van der Waals surface area contributed by atoms with E-state index in [1.807, 2.05) is 0 Å². The molecule has 1 saturated carbocycles. The van der Waals surface area contributed by atoms with Gasteiger partial charge in [0.1, 0.15) is 15.4 Å². The molecule has 32 heavy (non-hydrogen) atoms. The summed E-state index contributed by atoms with van der Waals surface area (Å²) in [6.07, 6.45) is -4.67. The van der Waals surface area contributed by atoms with Crippen LogP contribution in [0.5, 0.6) is 0 Å². The molecule has 1 aliphatic carbocycles. The summed E-state index contributed by atoms with van der Waals surface area (Å²) in [6.45, 7) is 0.318. The van der Waals surface area contributed by atoms with Crippen molar-refractivity contribution in [3.8, 4) is 10.6 Å². The molecule has 1 fully saturated rings. The van der Waals surface area contributed by atoms with Gasteiger partial charge < -0.3 is 15.4 Å². The maximum atomic E-state index is 12.9. The zero-order chi connectivity index (χ0) is 23.3. The van der Waals surface area contributed by atoms with E-state index in [-0.39, 0.29) is 21.2 Å². The van der Waals surface area contributed by atoms with Crippen LogP contribution in [0.2, 0.25) is 0 Å². The molecule has 0 spiro atoms. The standard InChI is InChI=1S/C19H16F3N3O5S2/c20-19(21,22)15-7-13(24-30-15)14-5-6-16(31-14)32(28,29)25-18(17(26)27)8-12(18)11-3-1-10(9-23)2-4-11/h1-7,12,25H,8-9,23H2,(H,26,27)/t12-,18+/m0/s1. The van der Waals surface area contributed by atoms with E-state index < -0.39 is 39.4 Å². The monoisotopic (exact) mass is 487 g/mol. The van der Waals surface area contributed by atoms with E-state index in [0.717, 1.165) is 5.56 Å². The highest BCUT2D eigenvalue weighted by Gasteiger charge is 2.63. The summed E-state index contributed by atoms with van der Waals surface area (Å²) in [7, 11) is -4.28. The number of nitrogens with two attached hydrogens (primary N) is 1. The van der Waals surface area contributed by atoms with Gasteiger partial charge in [0.25, 0.3) is 10.0 Å². The van der Waals surface area contributed by atoms with Crippen molar-refractivity contribution in [2.75, 3.05) is 0 Å². The third kappa shape index (κ3) is 4.03. The maximum Gasteiger partial charge on any atom is 0.452 e. The van der Waals surface area contributed by atoms with Gasteiger partial charge in [0, 0.05) is 18.5 Å². The fraction of sp³-hybridized carbons (Fsp3) is 0.263. The van der Waals surface area contributed by atoms with Crippen LogP contribution in [-0.4, -0.2) is 30.2 Å². The second kappa shape index (κ2) is 7.69. The molecule has 0 bridgehead atoms. The van der Waals surface area contributed by atoms with Gasteiger partial charge >= 0.3 is 12.1 Å². The molecule has 3 aromatic rings. The Hall–Kier alpha value is -2.74. The van der Waals surface area contributed by atoms with Crippen LogP contribution in [0.25, 0.3) is 10.6 Å². The number of carboxylic acid groups (broad SMARTS) is 1. The van der Waals surface area contributed by atoms with E-state index in [0.29, 0.717) is 29.5 Å². The molecule has 0 aliphatic heterocycles. The first kappa shape index (κ1) is 22.5. The SMILES string of the molecule is NCc1ccc([C@@H]2C[C@]2(NS(=O)(=O)c2ccc(-c3cc(C(F)(F)F)on3)s2)C(=O)O)cc1. The van der Waals surface area contributed by atoms with E-state index in [4.69, 9.17) is 5.73 Å². The second-order valence-electron chi connectivity index (χ2n) is 7.28. The number of sulfonamides is 1. The molecule has 170 valence electrons. The Morgan fingerprint density at radius 3 is 2.53 bits per heavy atom. The van der Waals surface area contributed by atoms with Gasteiger partial charge in [-0.2, -0.15) is 17.9 Å². The van der Waals surface area contributed by atoms with Crippen molar-refractivity contribution in [2.24, 2.45) is 5.73 Å². The van der Waals surface area contributed by atoms with Crippen LogP contribution in [0.4, 0.5) is 13.2 Å². The van der Waals surface area contributed by atoms with Crippen LogP contribution in [0.1, 0.15) is 29.2 Å². The average Bonchev–Trinajstić information content (AvgIpc) is 3.11. The fourth-order valence-corrected chi connectivity index (χ4v) is 6.02. The van der Waals surface area contributed by atoms with Gasteiger partial charge in [0.05, 0.1) is 4.88 Å². The number of alkyl halides is 3. The van der Waals surface area contributed by atoms with Crippen LogP contribution < -0.4 is 10.5 Å². The number of benzene rings is 1. The van der Waals surface area contributed by atoms with E-state index in [1.165, 1.54) is 12.1 Å². The molecular weight excluding hydrogens is 471 g/mol. The summed E-state index contributed by atoms with van der Waals surface area (Å²) in [4.78, 5) is 12.1. The second-order valence-corrected chi connectivity index (χ2v) is 10.3. The lowest BCUT2D eigenvalue weighted by atomic mass is 10.0. The molecule has 1 aliphatic rings. The van der Waals surface area contributed by atoms with Crippen LogP contribution in [0.15, 0.2) is 51.2 Å². The lowest BCUT2D eigenvalue weighted by Crippen LogP contribution is -2.44. The van der Waals surface area contributed by atoms with Gasteiger partial charge in [-0.25, -0.2) is 8.42 Å². The topological polar surface area (TPSA) is 136 Å². The summed E-state index contributed by atoms with van der Waals surface area (Å²) in [5.41, 5.74) is 5.16. The highest BCUT2D eigenvalue weighted by Crippen LogP contribution is 2.52. The first-order valence-corrected chi connectivity index (χ1v) is 11.5. The summed E-state index contributed by atoms with van der Waals surface area (Å²) in [6, 6.07) is 10.0. The molecule has 4 N–H and O–H groups in total. The Labute approximate surface area is 183 Å². The number of thiophene rings is 1. The molecule has 0 saturated heterocycles. The highest BCUT2D eigenvalue weighted by atomic mass is 32.2. The predicted molar refractivity (Wildman–Crippen MR) is 107 cm³/mol. The van der Waals surface area contributed by atoms with E-state index in [1.54, 1.807) is 24.3 Å². The van der Waals surface area contributed by atoms with Crippen molar-refractivity contribution in [2.45, 2.75) is 34.8 Å². The smallest absolute Gasteiger partial charge is 0.452 e. The molecule has 0 unspecified atom stereocenters. The average molecular weight is 487 g/mol. The Morgan fingerprint density at radius 2 is 1.97 bits per heavy atom. The molecule has 0 radical (unpaired) electrons. The largest absolute Gasteiger partial charge is 0.480 e. The number of aliphatic carboxylic acids is 1. The summed E-state index contributed by atoms with van der Waals surface area (Å²) >= 11 is 0.652. The highest BCUT2D eigenvalue weighted by molar-refractivity contribution is 7.91. The van der Waals surface area contributed by atoms with Crippen LogP contribution >= 0.6 is 11.3 Å². The molecule has 4 rings (SSSR count). The molecule has 2 atom stereocenters. The fourth-order valence-electron chi connectivity index (χ4n) is 3.36. The molecule has 1 aromatic carbocycles. The van der Waals surface area contributed by atoms with Gasteiger partial charge in [-0.05, 0) is 29.7 Å². The van der Waals surface area contributed by atoms with Crippen molar-refractivity contribution >= 4 is 27.3 Å². The quantitative estimate of drug-likeness (QED) is 0.466. The number of hydrogen-bond donors (Lipinski definition) is 3. The number of nitrogens with zero attached hydrogens (tertiary/aromatic N) is 1. The molecule has 8 nitrogen and oxygen atoms in total. The van der Waals surface area contributed by atoms with E-state index in [9.17, 15) is 31.5 Å². The molecule has 13 heteroatoms. The number of carboxylic acids is 1. The van der Waals surface area contributed by atoms with E-state index >= 15 is 0 Å².